The SMILES string of the molecule is CCC1CN(c2nc3sccn3c2CCl)CCN1C. The van der Waals surface area contributed by atoms with Gasteiger partial charge in [0.25, 0.3) is 0 Å². The molecule has 1 aliphatic rings. The van der Waals surface area contributed by atoms with Crippen LogP contribution in [0.3, 0.4) is 0 Å². The molecule has 1 unspecified atom stereocenters. The first-order chi connectivity index (χ1) is 9.24. The van der Waals surface area contributed by atoms with Gasteiger partial charge in [-0.15, -0.1) is 22.9 Å². The van der Waals surface area contributed by atoms with Gasteiger partial charge in [-0.1, -0.05) is 6.92 Å². The molecule has 19 heavy (non-hydrogen) atoms. The molecule has 1 fully saturated rings. The zero-order chi connectivity index (χ0) is 13.4. The number of rotatable bonds is 3. The molecular weight excluding hydrogens is 280 g/mol. The van der Waals surface area contributed by atoms with Crippen LogP contribution in [-0.2, 0) is 5.88 Å². The lowest BCUT2D eigenvalue weighted by Crippen LogP contribution is -2.51. The Morgan fingerprint density at radius 3 is 3.05 bits per heavy atom. The van der Waals surface area contributed by atoms with Crippen molar-refractivity contribution >= 4 is 33.7 Å². The zero-order valence-corrected chi connectivity index (χ0v) is 12.9. The van der Waals surface area contributed by atoms with Crippen LogP contribution in [0, 0.1) is 0 Å². The molecule has 4 nitrogen and oxygen atoms in total. The van der Waals surface area contributed by atoms with E-state index in [1.165, 1.54) is 6.42 Å². The number of nitrogens with zero attached hydrogens (tertiary/aromatic N) is 4. The number of halogens is 1. The Morgan fingerprint density at radius 1 is 1.47 bits per heavy atom. The molecule has 104 valence electrons. The van der Waals surface area contributed by atoms with Gasteiger partial charge < -0.3 is 4.90 Å². The van der Waals surface area contributed by atoms with Gasteiger partial charge >= 0.3 is 0 Å². The number of hydrogen-bond acceptors (Lipinski definition) is 4. The monoisotopic (exact) mass is 298 g/mol. The topological polar surface area (TPSA) is 23.8 Å². The summed E-state index contributed by atoms with van der Waals surface area (Å²) in [6, 6.07) is 0.608. The quantitative estimate of drug-likeness (QED) is 0.814. The van der Waals surface area contributed by atoms with E-state index in [-0.39, 0.29) is 0 Å². The minimum atomic E-state index is 0.510. The third-order valence-corrected chi connectivity index (χ3v) is 5.02. The van der Waals surface area contributed by atoms with Gasteiger partial charge in [-0.05, 0) is 13.5 Å². The van der Waals surface area contributed by atoms with E-state index in [1.54, 1.807) is 11.3 Å². The van der Waals surface area contributed by atoms with Crippen molar-refractivity contribution in [2.45, 2.75) is 25.3 Å². The Kier molecular flexibility index (Phi) is 3.69. The molecule has 2 aromatic heterocycles. The Balaban J connectivity index is 1.93. The maximum atomic E-state index is 6.13. The first-order valence-corrected chi connectivity index (χ1v) is 8.11. The molecule has 0 N–H and O–H groups in total. The maximum absolute atomic E-state index is 6.13. The van der Waals surface area contributed by atoms with Crippen LogP contribution in [-0.4, -0.2) is 47.0 Å². The van der Waals surface area contributed by atoms with Gasteiger partial charge in [-0.25, -0.2) is 4.98 Å². The molecule has 0 spiro atoms. The van der Waals surface area contributed by atoms with Crippen LogP contribution in [0.1, 0.15) is 19.0 Å². The van der Waals surface area contributed by atoms with Crippen LogP contribution < -0.4 is 4.90 Å². The summed E-state index contributed by atoms with van der Waals surface area (Å²) in [6.45, 7) is 5.41. The summed E-state index contributed by atoms with van der Waals surface area (Å²) < 4.78 is 2.12. The lowest BCUT2D eigenvalue weighted by Gasteiger charge is -2.39. The van der Waals surface area contributed by atoms with Gasteiger partial charge in [0.15, 0.2) is 10.8 Å². The Bertz CT molecular complexity index is 564. The molecule has 2 aromatic rings. The molecule has 0 aromatic carbocycles. The van der Waals surface area contributed by atoms with Gasteiger partial charge in [0, 0.05) is 37.3 Å². The number of piperazine rings is 1. The molecule has 0 saturated carbocycles. The van der Waals surface area contributed by atoms with Crippen molar-refractivity contribution in [3.05, 3.63) is 17.3 Å². The van der Waals surface area contributed by atoms with Gasteiger partial charge in [0.05, 0.1) is 11.6 Å². The standard InChI is InChI=1S/C13H19ClN4S/c1-3-10-9-17(5-4-16(10)2)12-11(8-14)18-6-7-19-13(18)15-12/h6-7,10H,3-5,8-9H2,1-2H3. The summed E-state index contributed by atoms with van der Waals surface area (Å²) in [5, 5.41) is 2.06. The summed E-state index contributed by atoms with van der Waals surface area (Å²) in [4.78, 5) is 10.6. The number of thiazole rings is 1. The van der Waals surface area contributed by atoms with E-state index in [0.717, 1.165) is 36.1 Å². The molecule has 0 aliphatic carbocycles. The highest BCUT2D eigenvalue weighted by atomic mass is 35.5. The van der Waals surface area contributed by atoms with Crippen LogP contribution in [0.2, 0.25) is 0 Å². The molecule has 1 saturated heterocycles. The van der Waals surface area contributed by atoms with Crippen LogP contribution in [0.5, 0.6) is 0 Å². The molecule has 0 radical (unpaired) electrons. The fraction of sp³-hybridized carbons (Fsp3) is 0.615. The number of hydrogen-bond donors (Lipinski definition) is 0. The zero-order valence-electron chi connectivity index (χ0n) is 11.3. The van der Waals surface area contributed by atoms with Gasteiger partial charge in [-0.2, -0.15) is 0 Å². The second-order valence-electron chi connectivity index (χ2n) is 5.06. The molecule has 6 heteroatoms. The summed E-state index contributed by atoms with van der Waals surface area (Å²) in [5.74, 6) is 1.59. The van der Waals surface area contributed by atoms with Crippen molar-refractivity contribution in [1.82, 2.24) is 14.3 Å². The molecular formula is C13H19ClN4S. The second kappa shape index (κ2) is 5.31. The van der Waals surface area contributed by atoms with Crippen molar-refractivity contribution in [3.63, 3.8) is 0 Å². The normalized spacial score (nSPS) is 21.4. The van der Waals surface area contributed by atoms with Gasteiger partial charge in [0.2, 0.25) is 0 Å². The smallest absolute Gasteiger partial charge is 0.195 e. The van der Waals surface area contributed by atoms with Crippen LogP contribution >= 0.6 is 22.9 Å². The Hall–Kier alpha value is -0.780. The molecule has 0 amide bonds. The lowest BCUT2D eigenvalue weighted by molar-refractivity contribution is 0.213. The molecule has 3 heterocycles. The number of aromatic nitrogens is 2. The number of likely N-dealkylation sites (N-methyl/N-ethyl adjacent to an activating group) is 1. The molecule has 0 bridgehead atoms. The predicted molar refractivity (Wildman–Crippen MR) is 81.5 cm³/mol. The number of alkyl halides is 1. The first kappa shape index (κ1) is 13.2. The van der Waals surface area contributed by atoms with Gasteiger partial charge in [-0.3, -0.25) is 9.30 Å². The van der Waals surface area contributed by atoms with Crippen molar-refractivity contribution in [3.8, 4) is 0 Å². The Morgan fingerprint density at radius 2 is 2.32 bits per heavy atom. The predicted octanol–water partition coefficient (Wildman–Crippen LogP) is 2.67. The molecule has 3 rings (SSSR count). The van der Waals surface area contributed by atoms with E-state index in [0.29, 0.717) is 11.9 Å². The summed E-state index contributed by atoms with van der Waals surface area (Å²) in [5.41, 5.74) is 1.12. The minimum absolute atomic E-state index is 0.510. The van der Waals surface area contributed by atoms with Crippen molar-refractivity contribution in [1.29, 1.82) is 0 Å². The third kappa shape index (κ3) is 2.24. The van der Waals surface area contributed by atoms with Crippen LogP contribution in [0.25, 0.3) is 4.96 Å². The van der Waals surface area contributed by atoms with Gasteiger partial charge in [0.1, 0.15) is 0 Å². The highest BCUT2D eigenvalue weighted by molar-refractivity contribution is 7.15. The van der Waals surface area contributed by atoms with Crippen LogP contribution in [0.4, 0.5) is 5.82 Å². The number of anilines is 1. The van der Waals surface area contributed by atoms with Crippen molar-refractivity contribution in [2.75, 3.05) is 31.6 Å². The first-order valence-electron chi connectivity index (χ1n) is 6.70. The van der Waals surface area contributed by atoms with E-state index in [4.69, 9.17) is 16.6 Å². The fourth-order valence-electron chi connectivity index (χ4n) is 2.78. The molecule has 1 aliphatic heterocycles. The van der Waals surface area contributed by atoms with E-state index in [9.17, 15) is 0 Å². The van der Waals surface area contributed by atoms with E-state index in [1.807, 2.05) is 0 Å². The fourth-order valence-corrected chi connectivity index (χ4v) is 3.75. The Labute approximate surface area is 122 Å². The largest absolute Gasteiger partial charge is 0.352 e. The summed E-state index contributed by atoms with van der Waals surface area (Å²) in [6.07, 6.45) is 3.23. The van der Waals surface area contributed by atoms with E-state index >= 15 is 0 Å². The molecule has 1 atom stereocenters. The average Bonchev–Trinajstić information content (AvgIpc) is 2.99. The van der Waals surface area contributed by atoms with Crippen molar-refractivity contribution in [2.24, 2.45) is 0 Å². The second-order valence-corrected chi connectivity index (χ2v) is 6.20. The van der Waals surface area contributed by atoms with Crippen LogP contribution in [0.15, 0.2) is 11.6 Å². The van der Waals surface area contributed by atoms with E-state index in [2.05, 4.69) is 39.7 Å². The minimum Gasteiger partial charge on any atom is -0.352 e. The lowest BCUT2D eigenvalue weighted by atomic mass is 10.1. The average molecular weight is 299 g/mol. The van der Waals surface area contributed by atoms with E-state index < -0.39 is 0 Å². The number of fused-ring (bicyclic) bond motifs is 1. The van der Waals surface area contributed by atoms with Crippen molar-refractivity contribution < 1.29 is 0 Å². The summed E-state index contributed by atoms with van der Waals surface area (Å²) in [7, 11) is 2.21. The summed E-state index contributed by atoms with van der Waals surface area (Å²) >= 11 is 7.80. The third-order valence-electron chi connectivity index (χ3n) is 4.01. The highest BCUT2D eigenvalue weighted by Crippen LogP contribution is 2.28. The highest BCUT2D eigenvalue weighted by Gasteiger charge is 2.26. The number of imidazole rings is 1. The maximum Gasteiger partial charge on any atom is 0.195 e.